The Morgan fingerprint density at radius 3 is 2.77 bits per heavy atom. The predicted octanol–water partition coefficient (Wildman–Crippen LogP) is 4.58. The van der Waals surface area contributed by atoms with Crippen molar-refractivity contribution in [1.29, 1.82) is 0 Å². The number of nitrogens with zero attached hydrogens (tertiary/aromatic N) is 5. The molecule has 2 aliphatic rings. The van der Waals surface area contributed by atoms with Crippen molar-refractivity contribution in [2.75, 3.05) is 11.4 Å². The third-order valence-corrected chi connectivity index (χ3v) is 5.52. The third kappa shape index (κ3) is 3.43. The molecule has 3 heterocycles. The molecule has 1 N–H and O–H groups in total. The highest BCUT2D eigenvalue weighted by Crippen LogP contribution is 2.36. The van der Waals surface area contributed by atoms with Gasteiger partial charge < -0.3 is 4.90 Å². The van der Waals surface area contributed by atoms with Crippen molar-refractivity contribution in [3.8, 4) is 11.3 Å². The van der Waals surface area contributed by atoms with Gasteiger partial charge in [-0.3, -0.25) is 14.7 Å². The zero-order valence-electron chi connectivity index (χ0n) is 16.6. The van der Waals surface area contributed by atoms with Crippen LogP contribution in [0.3, 0.4) is 0 Å². The van der Waals surface area contributed by atoms with Crippen molar-refractivity contribution in [2.24, 2.45) is 12.0 Å². The predicted molar refractivity (Wildman–Crippen MR) is 120 cm³/mol. The van der Waals surface area contributed by atoms with Gasteiger partial charge in [0, 0.05) is 30.6 Å². The van der Waals surface area contributed by atoms with E-state index in [0.717, 1.165) is 21.9 Å². The van der Waals surface area contributed by atoms with Gasteiger partial charge in [0.15, 0.2) is 5.84 Å². The minimum atomic E-state index is -0.249. The van der Waals surface area contributed by atoms with Gasteiger partial charge >= 0.3 is 0 Å². The Kier molecular flexibility index (Phi) is 4.69. The Morgan fingerprint density at radius 1 is 1.16 bits per heavy atom. The highest BCUT2D eigenvalue weighted by molar-refractivity contribution is 6.35. The molecule has 0 radical (unpaired) electrons. The molecule has 7 nitrogen and oxygen atoms in total. The normalized spacial score (nSPS) is 15.1. The number of allylic oxidation sites excluding steroid dienone is 2. The molecule has 0 fully saturated rings. The molecule has 0 aliphatic carbocycles. The quantitative estimate of drug-likeness (QED) is 0.644. The topological polar surface area (TPSA) is 74.0 Å². The smallest absolute Gasteiger partial charge is 0.260 e. The minimum absolute atomic E-state index is 0.244. The number of carbonyl (C=O) groups excluding carboxylic acids is 1. The zero-order valence-corrected chi connectivity index (χ0v) is 17.4. The Labute approximate surface area is 183 Å². The van der Waals surface area contributed by atoms with Crippen LogP contribution >= 0.6 is 11.6 Å². The molecule has 154 valence electrons. The fourth-order valence-electron chi connectivity index (χ4n) is 3.68. The molecule has 2 aliphatic heterocycles. The van der Waals surface area contributed by atoms with Crippen LogP contribution in [0.4, 0.5) is 11.4 Å². The van der Waals surface area contributed by atoms with Crippen molar-refractivity contribution in [3.05, 3.63) is 89.2 Å². The van der Waals surface area contributed by atoms with Gasteiger partial charge in [0.1, 0.15) is 0 Å². The molecule has 2 aromatic carbocycles. The number of anilines is 1. The lowest BCUT2D eigenvalue weighted by Crippen LogP contribution is -2.36. The second kappa shape index (κ2) is 7.54. The van der Waals surface area contributed by atoms with Crippen LogP contribution in [0, 0.1) is 0 Å². The molecule has 1 aromatic heterocycles. The average Bonchev–Trinajstić information content (AvgIpc) is 3.12. The van der Waals surface area contributed by atoms with Crippen molar-refractivity contribution >= 4 is 34.7 Å². The molecule has 0 unspecified atom stereocenters. The number of halogens is 1. The summed E-state index contributed by atoms with van der Waals surface area (Å²) in [5.74, 6) is 0.142. The van der Waals surface area contributed by atoms with Gasteiger partial charge in [0.2, 0.25) is 0 Å². The average molecular weight is 432 g/mol. The van der Waals surface area contributed by atoms with Crippen LogP contribution in [-0.4, -0.2) is 38.3 Å². The molecule has 0 atom stereocenters. The number of hydrogen-bond donors (Lipinski definition) is 1. The van der Waals surface area contributed by atoms with Crippen LogP contribution in [0.15, 0.2) is 83.6 Å². The fraction of sp³-hybridized carbons (Fsp3) is 0.0870. The Morgan fingerprint density at radius 2 is 2.00 bits per heavy atom. The summed E-state index contributed by atoms with van der Waals surface area (Å²) in [7, 11) is 1.85. The summed E-state index contributed by atoms with van der Waals surface area (Å²) >= 11 is 6.54. The number of rotatable bonds is 2. The molecule has 0 bridgehead atoms. The zero-order chi connectivity index (χ0) is 21.5. The van der Waals surface area contributed by atoms with Gasteiger partial charge in [-0.05, 0) is 36.4 Å². The number of hydrogen-bond acceptors (Lipinski definition) is 5. The van der Waals surface area contributed by atoms with Crippen molar-refractivity contribution in [1.82, 2.24) is 14.8 Å². The van der Waals surface area contributed by atoms with Crippen LogP contribution in [0.25, 0.3) is 11.3 Å². The second-order valence-corrected chi connectivity index (χ2v) is 7.67. The van der Waals surface area contributed by atoms with Gasteiger partial charge in [-0.2, -0.15) is 5.10 Å². The second-order valence-electron chi connectivity index (χ2n) is 7.26. The monoisotopic (exact) mass is 431 g/mol. The van der Waals surface area contributed by atoms with Gasteiger partial charge in [-0.1, -0.05) is 35.9 Å². The molecule has 0 saturated heterocycles. The van der Waals surface area contributed by atoms with Crippen molar-refractivity contribution < 1.29 is 10.0 Å². The highest BCUT2D eigenvalue weighted by atomic mass is 35.5. The van der Waals surface area contributed by atoms with E-state index in [1.54, 1.807) is 27.8 Å². The van der Waals surface area contributed by atoms with Gasteiger partial charge in [0.05, 0.1) is 34.2 Å². The third-order valence-electron chi connectivity index (χ3n) is 5.21. The van der Waals surface area contributed by atoms with E-state index in [0.29, 0.717) is 27.8 Å². The number of hydroxylamine groups is 2. The van der Waals surface area contributed by atoms with Crippen molar-refractivity contribution in [2.45, 2.75) is 0 Å². The van der Waals surface area contributed by atoms with E-state index in [9.17, 15) is 10.0 Å². The van der Waals surface area contributed by atoms with Gasteiger partial charge in [0.25, 0.3) is 5.91 Å². The maximum absolute atomic E-state index is 13.6. The molecule has 31 heavy (non-hydrogen) atoms. The first-order valence-corrected chi connectivity index (χ1v) is 10.0. The number of fused-ring (bicyclic) bond motifs is 2. The van der Waals surface area contributed by atoms with E-state index in [4.69, 9.17) is 11.6 Å². The molecule has 8 heteroatoms. The summed E-state index contributed by atoms with van der Waals surface area (Å²) < 4.78 is 1.71. The Hall–Kier alpha value is -3.68. The van der Waals surface area contributed by atoms with E-state index in [1.807, 2.05) is 55.7 Å². The van der Waals surface area contributed by atoms with E-state index >= 15 is 0 Å². The van der Waals surface area contributed by atoms with Crippen LogP contribution in [0.5, 0.6) is 0 Å². The molecule has 3 aromatic rings. The number of para-hydroxylation sites is 2. The Balaban J connectivity index is 1.55. The van der Waals surface area contributed by atoms with Crippen LogP contribution < -0.4 is 4.90 Å². The summed E-state index contributed by atoms with van der Waals surface area (Å²) in [5, 5.41) is 15.9. The number of aliphatic imine (C=N–C) groups is 1. The van der Waals surface area contributed by atoms with E-state index in [1.165, 1.54) is 6.20 Å². The lowest BCUT2D eigenvalue weighted by atomic mass is 10.1. The SMILES string of the molecule is Cn1ccc(-c2ccc(C(=O)N3CC4=CC=CN(O)C4=Nc4ccccc43)c(Cl)c2)n1. The Bertz CT molecular complexity index is 1290. The fourth-order valence-corrected chi connectivity index (χ4v) is 3.94. The summed E-state index contributed by atoms with van der Waals surface area (Å²) in [6.45, 7) is 0.244. The maximum Gasteiger partial charge on any atom is 0.260 e. The number of aryl methyl sites for hydroxylation is 1. The first-order chi connectivity index (χ1) is 15.0. The molecule has 5 rings (SSSR count). The van der Waals surface area contributed by atoms with Gasteiger partial charge in [-0.15, -0.1) is 0 Å². The summed E-state index contributed by atoms with van der Waals surface area (Å²) in [6, 6.07) is 14.5. The summed E-state index contributed by atoms with van der Waals surface area (Å²) in [5.41, 5.74) is 3.95. The first kappa shape index (κ1) is 19.3. The van der Waals surface area contributed by atoms with E-state index < -0.39 is 0 Å². The largest absolute Gasteiger partial charge is 0.302 e. The molecular formula is C23H18ClN5O2. The molecule has 0 spiro atoms. The summed E-state index contributed by atoms with van der Waals surface area (Å²) in [4.78, 5) is 19.8. The summed E-state index contributed by atoms with van der Waals surface area (Å²) in [6.07, 6.45) is 6.91. The number of amidine groups is 1. The standard InChI is InChI=1S/C23H18ClN5O2/c1-27-12-10-19(26-27)15-8-9-17(18(24)13-15)23(30)28-14-16-5-4-11-29(31)22(16)25-20-6-2-3-7-21(20)28/h2-13,31H,14H2,1H3. The minimum Gasteiger partial charge on any atom is -0.302 e. The number of carbonyl (C=O) groups is 1. The van der Waals surface area contributed by atoms with E-state index in [-0.39, 0.29) is 12.5 Å². The van der Waals surface area contributed by atoms with Gasteiger partial charge in [-0.25, -0.2) is 10.1 Å². The molecule has 0 saturated carbocycles. The lowest BCUT2D eigenvalue weighted by molar-refractivity contribution is 0.0373. The van der Waals surface area contributed by atoms with Crippen LogP contribution in [0.1, 0.15) is 10.4 Å². The van der Waals surface area contributed by atoms with Crippen LogP contribution in [-0.2, 0) is 7.05 Å². The van der Waals surface area contributed by atoms with E-state index in [2.05, 4.69) is 10.1 Å². The highest BCUT2D eigenvalue weighted by Gasteiger charge is 2.29. The number of benzene rings is 2. The molecule has 1 amide bonds. The first-order valence-electron chi connectivity index (χ1n) is 9.66. The van der Waals surface area contributed by atoms with Crippen molar-refractivity contribution in [3.63, 3.8) is 0 Å². The van der Waals surface area contributed by atoms with Crippen LogP contribution in [0.2, 0.25) is 5.02 Å². The lowest BCUT2D eigenvalue weighted by Gasteiger charge is -2.25. The maximum atomic E-state index is 13.6. The number of aromatic nitrogens is 2. The number of amides is 1. The molecular weight excluding hydrogens is 414 g/mol.